The molecule has 0 fully saturated rings. The third-order valence-corrected chi connectivity index (χ3v) is 7.37. The van der Waals surface area contributed by atoms with E-state index in [1.807, 2.05) is 56.4 Å². The van der Waals surface area contributed by atoms with E-state index in [-0.39, 0.29) is 24.1 Å². The highest BCUT2D eigenvalue weighted by molar-refractivity contribution is 8.00. The standard InChI is InChI=1S/C25H28ClN3O3S/c1-3-32-14-8-13-27-24(31)23-22-18-10-5-7-12-20(18)28(2)25(22)33-16-21(30)29(23)15-17-9-4-6-11-19(17)26/h4-7,9-12,23H,3,8,13-16H2,1-2H3,(H,27,31). The Bertz CT molecular complexity index is 1160. The molecule has 0 spiro atoms. The molecular weight excluding hydrogens is 458 g/mol. The summed E-state index contributed by atoms with van der Waals surface area (Å²) < 4.78 is 7.47. The van der Waals surface area contributed by atoms with Gasteiger partial charge in [-0.05, 0) is 31.0 Å². The van der Waals surface area contributed by atoms with E-state index in [1.165, 1.54) is 11.8 Å². The van der Waals surface area contributed by atoms with E-state index in [0.29, 0.717) is 31.2 Å². The topological polar surface area (TPSA) is 63.6 Å². The van der Waals surface area contributed by atoms with Crippen LogP contribution in [0, 0.1) is 0 Å². The van der Waals surface area contributed by atoms with Gasteiger partial charge in [0, 0.05) is 54.8 Å². The molecule has 4 rings (SSSR count). The molecule has 2 aromatic carbocycles. The average molecular weight is 486 g/mol. The fourth-order valence-corrected chi connectivity index (χ4v) is 5.53. The maximum absolute atomic E-state index is 13.6. The van der Waals surface area contributed by atoms with Crippen LogP contribution < -0.4 is 5.32 Å². The molecule has 1 aliphatic rings. The molecule has 2 heterocycles. The first kappa shape index (κ1) is 23.7. The Balaban J connectivity index is 1.76. The molecule has 6 nitrogen and oxygen atoms in total. The highest BCUT2D eigenvalue weighted by atomic mass is 35.5. The maximum Gasteiger partial charge on any atom is 0.247 e. The van der Waals surface area contributed by atoms with Gasteiger partial charge in [0.1, 0.15) is 6.04 Å². The molecule has 0 saturated carbocycles. The number of hydrogen-bond acceptors (Lipinski definition) is 4. The zero-order chi connectivity index (χ0) is 23.4. The summed E-state index contributed by atoms with van der Waals surface area (Å²) in [5.41, 5.74) is 2.73. The van der Waals surface area contributed by atoms with Gasteiger partial charge in [-0.3, -0.25) is 9.59 Å². The largest absolute Gasteiger partial charge is 0.382 e. The minimum Gasteiger partial charge on any atom is -0.382 e. The number of para-hydroxylation sites is 1. The van der Waals surface area contributed by atoms with E-state index in [0.717, 1.165) is 27.1 Å². The number of nitrogens with zero attached hydrogens (tertiary/aromatic N) is 2. The minimum absolute atomic E-state index is 0.0883. The van der Waals surface area contributed by atoms with E-state index in [2.05, 4.69) is 9.88 Å². The van der Waals surface area contributed by atoms with Crippen molar-refractivity contribution in [2.75, 3.05) is 25.5 Å². The second kappa shape index (κ2) is 10.6. The van der Waals surface area contributed by atoms with E-state index < -0.39 is 6.04 Å². The number of hydrogen-bond donors (Lipinski definition) is 1. The summed E-state index contributed by atoms with van der Waals surface area (Å²) in [6.45, 7) is 3.92. The zero-order valence-electron chi connectivity index (χ0n) is 18.8. The Morgan fingerprint density at radius 3 is 2.76 bits per heavy atom. The first-order chi connectivity index (χ1) is 16.0. The molecule has 1 aromatic heterocycles. The second-order valence-corrected chi connectivity index (χ2v) is 9.31. The Kier molecular flexibility index (Phi) is 7.63. The summed E-state index contributed by atoms with van der Waals surface area (Å²) in [6, 6.07) is 14.7. The van der Waals surface area contributed by atoms with Crippen LogP contribution in [-0.4, -0.2) is 46.8 Å². The molecule has 0 bridgehead atoms. The van der Waals surface area contributed by atoms with E-state index in [9.17, 15) is 9.59 Å². The Morgan fingerprint density at radius 1 is 1.21 bits per heavy atom. The number of carbonyl (C=O) groups excluding carboxylic acids is 2. The van der Waals surface area contributed by atoms with Crippen molar-refractivity contribution in [2.45, 2.75) is 31.0 Å². The van der Waals surface area contributed by atoms with Crippen molar-refractivity contribution in [1.82, 2.24) is 14.8 Å². The van der Waals surface area contributed by atoms with Gasteiger partial charge in [-0.2, -0.15) is 0 Å². The van der Waals surface area contributed by atoms with Crippen molar-refractivity contribution in [3.05, 3.63) is 64.7 Å². The highest BCUT2D eigenvalue weighted by Gasteiger charge is 2.38. The number of rotatable bonds is 8. The predicted molar refractivity (Wildman–Crippen MR) is 133 cm³/mol. The van der Waals surface area contributed by atoms with Crippen molar-refractivity contribution < 1.29 is 14.3 Å². The molecule has 8 heteroatoms. The van der Waals surface area contributed by atoms with Crippen LogP contribution in [0.5, 0.6) is 0 Å². The Labute approximate surface area is 203 Å². The van der Waals surface area contributed by atoms with E-state index >= 15 is 0 Å². The normalized spacial score (nSPS) is 16.0. The average Bonchev–Trinajstić information content (AvgIpc) is 3.00. The number of thioether (sulfide) groups is 1. The van der Waals surface area contributed by atoms with Crippen molar-refractivity contribution in [2.24, 2.45) is 7.05 Å². The molecule has 33 heavy (non-hydrogen) atoms. The number of benzene rings is 2. The SMILES string of the molecule is CCOCCCNC(=O)C1c2c(n(C)c3ccccc23)SCC(=O)N1Cc1ccccc1Cl. The second-order valence-electron chi connectivity index (χ2n) is 7.94. The lowest BCUT2D eigenvalue weighted by Crippen LogP contribution is -2.43. The summed E-state index contributed by atoms with van der Waals surface area (Å²) >= 11 is 7.91. The van der Waals surface area contributed by atoms with Gasteiger partial charge in [0.25, 0.3) is 0 Å². The fraction of sp³-hybridized carbons (Fsp3) is 0.360. The van der Waals surface area contributed by atoms with Crippen LogP contribution in [0.25, 0.3) is 10.9 Å². The number of amides is 2. The van der Waals surface area contributed by atoms with Crippen LogP contribution in [0.3, 0.4) is 0 Å². The Hall–Kier alpha value is -2.48. The molecule has 1 atom stereocenters. The molecule has 2 amide bonds. The van der Waals surface area contributed by atoms with Gasteiger partial charge in [-0.15, -0.1) is 0 Å². The van der Waals surface area contributed by atoms with Crippen LogP contribution >= 0.6 is 23.4 Å². The van der Waals surface area contributed by atoms with Gasteiger partial charge in [-0.1, -0.05) is 59.8 Å². The first-order valence-electron chi connectivity index (χ1n) is 11.1. The van der Waals surface area contributed by atoms with Crippen molar-refractivity contribution in [1.29, 1.82) is 0 Å². The molecule has 0 aliphatic carbocycles. The maximum atomic E-state index is 13.6. The highest BCUT2D eigenvalue weighted by Crippen LogP contribution is 2.42. The lowest BCUT2D eigenvalue weighted by atomic mass is 10.0. The smallest absolute Gasteiger partial charge is 0.247 e. The summed E-state index contributed by atoms with van der Waals surface area (Å²) in [5, 5.41) is 5.55. The van der Waals surface area contributed by atoms with Crippen molar-refractivity contribution >= 4 is 46.1 Å². The predicted octanol–water partition coefficient (Wildman–Crippen LogP) is 4.55. The number of aryl methyl sites for hydroxylation is 1. The molecule has 1 N–H and O–H groups in total. The van der Waals surface area contributed by atoms with Crippen LogP contribution in [0.4, 0.5) is 0 Å². The molecule has 1 unspecified atom stereocenters. The van der Waals surface area contributed by atoms with Gasteiger partial charge >= 0.3 is 0 Å². The minimum atomic E-state index is -0.753. The number of ether oxygens (including phenoxy) is 1. The summed E-state index contributed by atoms with van der Waals surface area (Å²) in [6.07, 6.45) is 0.710. The number of aromatic nitrogens is 1. The molecule has 3 aromatic rings. The van der Waals surface area contributed by atoms with E-state index in [4.69, 9.17) is 16.3 Å². The van der Waals surface area contributed by atoms with Crippen LogP contribution in [0.1, 0.15) is 30.5 Å². The van der Waals surface area contributed by atoms with Crippen LogP contribution in [0.15, 0.2) is 53.6 Å². The molecular formula is C25H28ClN3O3S. The molecule has 0 radical (unpaired) electrons. The van der Waals surface area contributed by atoms with E-state index in [1.54, 1.807) is 11.0 Å². The lowest BCUT2D eigenvalue weighted by molar-refractivity contribution is -0.139. The number of nitrogens with one attached hydrogen (secondary N) is 1. The van der Waals surface area contributed by atoms with Crippen molar-refractivity contribution in [3.8, 4) is 0 Å². The van der Waals surface area contributed by atoms with Crippen LogP contribution in [-0.2, 0) is 27.9 Å². The van der Waals surface area contributed by atoms with Gasteiger partial charge in [0.15, 0.2) is 0 Å². The van der Waals surface area contributed by atoms with Gasteiger partial charge in [-0.25, -0.2) is 0 Å². The molecule has 0 saturated heterocycles. The summed E-state index contributed by atoms with van der Waals surface area (Å²) in [5.74, 6) is -0.0166. The third kappa shape index (κ3) is 4.90. The monoisotopic (exact) mass is 485 g/mol. The number of fused-ring (bicyclic) bond motifs is 3. The third-order valence-electron chi connectivity index (χ3n) is 5.84. The van der Waals surface area contributed by atoms with Gasteiger partial charge in [0.2, 0.25) is 11.8 Å². The molecule has 174 valence electrons. The number of halogens is 1. The summed E-state index contributed by atoms with van der Waals surface area (Å²) in [7, 11) is 1.99. The van der Waals surface area contributed by atoms with Crippen molar-refractivity contribution in [3.63, 3.8) is 0 Å². The Morgan fingerprint density at radius 2 is 1.97 bits per heavy atom. The fourth-order valence-electron chi connectivity index (χ4n) is 4.24. The first-order valence-corrected chi connectivity index (χ1v) is 12.5. The van der Waals surface area contributed by atoms with Gasteiger partial charge in [0.05, 0.1) is 10.8 Å². The lowest BCUT2D eigenvalue weighted by Gasteiger charge is -2.30. The van der Waals surface area contributed by atoms with Crippen LogP contribution in [0.2, 0.25) is 5.02 Å². The molecule has 1 aliphatic heterocycles. The quantitative estimate of drug-likeness (QED) is 0.475. The number of carbonyl (C=O) groups is 2. The van der Waals surface area contributed by atoms with Gasteiger partial charge < -0.3 is 19.5 Å². The zero-order valence-corrected chi connectivity index (χ0v) is 20.4. The summed E-state index contributed by atoms with van der Waals surface area (Å²) in [4.78, 5) is 28.6.